The highest BCUT2D eigenvalue weighted by atomic mass is 35.5. The third kappa shape index (κ3) is 5.39. The summed E-state index contributed by atoms with van der Waals surface area (Å²) in [6, 6.07) is 15.8. The summed E-state index contributed by atoms with van der Waals surface area (Å²) in [5, 5.41) is 8.21. The fourth-order valence-corrected chi connectivity index (χ4v) is 5.83. The lowest BCUT2D eigenvalue weighted by Crippen LogP contribution is -2.39. The van der Waals surface area contributed by atoms with Gasteiger partial charge in [0.25, 0.3) is 11.8 Å². The lowest BCUT2D eigenvalue weighted by atomic mass is 9.97. The van der Waals surface area contributed by atoms with Crippen LogP contribution in [-0.4, -0.2) is 50.9 Å². The largest absolute Gasteiger partial charge is 0.356 e. The van der Waals surface area contributed by atoms with Gasteiger partial charge in [0.1, 0.15) is 5.82 Å². The van der Waals surface area contributed by atoms with E-state index in [4.69, 9.17) is 21.7 Å². The van der Waals surface area contributed by atoms with Crippen LogP contribution in [0, 0.1) is 6.92 Å². The Morgan fingerprint density at radius 1 is 0.975 bits per heavy atom. The van der Waals surface area contributed by atoms with Crippen LogP contribution >= 0.6 is 11.6 Å². The molecule has 4 heterocycles. The Balaban J connectivity index is 0.00000323. The van der Waals surface area contributed by atoms with Crippen LogP contribution in [0.1, 0.15) is 70.1 Å². The molecule has 1 atom stereocenters. The van der Waals surface area contributed by atoms with E-state index in [0.29, 0.717) is 28.4 Å². The Morgan fingerprint density at radius 2 is 1.73 bits per heavy atom. The van der Waals surface area contributed by atoms with Crippen molar-refractivity contribution in [2.75, 3.05) is 29.9 Å². The number of nitrogens with zero attached hydrogens (tertiary/aromatic N) is 5. The van der Waals surface area contributed by atoms with Crippen molar-refractivity contribution in [1.82, 2.24) is 25.6 Å². The van der Waals surface area contributed by atoms with Crippen molar-refractivity contribution in [3.8, 4) is 0 Å². The number of hydrogen-bond acceptors (Lipinski definition) is 6. The number of carbonyl (C=O) groups excluding carboxylic acids is 2. The number of halogens is 1. The van der Waals surface area contributed by atoms with Crippen molar-refractivity contribution in [2.45, 2.75) is 45.1 Å². The second-order valence-electron chi connectivity index (χ2n) is 10.3. The fourth-order valence-electron chi connectivity index (χ4n) is 5.65. The van der Waals surface area contributed by atoms with Crippen LogP contribution in [0.5, 0.6) is 0 Å². The third-order valence-electron chi connectivity index (χ3n) is 7.63. The average molecular weight is 560 g/mol. The first-order valence-corrected chi connectivity index (χ1v) is 13.9. The van der Waals surface area contributed by atoms with Gasteiger partial charge in [-0.3, -0.25) is 9.59 Å². The molecule has 4 N–H and O–H groups in total. The van der Waals surface area contributed by atoms with Crippen LogP contribution in [0.15, 0.2) is 60.8 Å². The number of likely N-dealkylation sites (tertiary alicyclic amines) is 1. The molecule has 1 unspecified atom stereocenters. The summed E-state index contributed by atoms with van der Waals surface area (Å²) in [5.41, 5.74) is 4.02. The Hall–Kier alpha value is -3.95. The predicted octanol–water partition coefficient (Wildman–Crippen LogP) is 6.07. The molecule has 40 heavy (non-hydrogen) atoms. The fraction of sp³-hybridized carbons (Fsp3) is 0.333. The molecule has 2 aromatic carbocycles. The highest BCUT2D eigenvalue weighted by Gasteiger charge is 2.32. The molecule has 0 saturated carbocycles. The zero-order valence-corrected chi connectivity index (χ0v) is 23.4. The van der Waals surface area contributed by atoms with Gasteiger partial charge < -0.3 is 21.3 Å². The summed E-state index contributed by atoms with van der Waals surface area (Å²) < 4.78 is 1.83. The van der Waals surface area contributed by atoms with Gasteiger partial charge in [-0.15, -0.1) is 0 Å². The van der Waals surface area contributed by atoms with Gasteiger partial charge in [-0.1, -0.05) is 29.8 Å². The van der Waals surface area contributed by atoms with E-state index in [1.54, 1.807) is 42.5 Å². The van der Waals surface area contributed by atoms with E-state index in [9.17, 15) is 9.59 Å². The summed E-state index contributed by atoms with van der Waals surface area (Å²) in [4.78, 5) is 36.1. The number of benzene rings is 2. The first kappa shape index (κ1) is 27.6. The molecule has 2 aliphatic rings. The number of anilines is 2. The second-order valence-corrected chi connectivity index (χ2v) is 10.8. The average Bonchev–Trinajstić information content (AvgIpc) is 3.64. The number of hydrogen-bond donors (Lipinski definition) is 2. The van der Waals surface area contributed by atoms with Crippen LogP contribution < -0.4 is 16.4 Å². The standard InChI is InChI=1S/C30H31ClN6O2.H3N/c1-20-19-37-27(33-28(20)35-14-7-8-15-35)18-25(34-37)26-11-5-6-16-36(26)30(39)23-17-22(31)12-13-24(23)32-29(38)21-9-3-2-4-10-21;/h2-4,9-10,12-13,17-19,26H,5-8,11,14-16H2,1H3,(H,32,38);1H3. The zero-order chi connectivity index (χ0) is 26.9. The first-order chi connectivity index (χ1) is 19.0. The van der Waals surface area contributed by atoms with Crippen molar-refractivity contribution in [1.29, 1.82) is 0 Å². The number of nitrogens with one attached hydrogen (secondary N) is 1. The molecule has 2 amide bonds. The molecule has 0 aliphatic carbocycles. The maximum Gasteiger partial charge on any atom is 0.256 e. The molecule has 0 spiro atoms. The smallest absolute Gasteiger partial charge is 0.256 e. The molecule has 2 saturated heterocycles. The highest BCUT2D eigenvalue weighted by Crippen LogP contribution is 2.34. The molecule has 9 nitrogen and oxygen atoms in total. The summed E-state index contributed by atoms with van der Waals surface area (Å²) in [7, 11) is 0. The number of carbonyl (C=O) groups is 2. The molecule has 208 valence electrons. The zero-order valence-electron chi connectivity index (χ0n) is 22.6. The number of aromatic nitrogens is 3. The monoisotopic (exact) mass is 559 g/mol. The van der Waals surface area contributed by atoms with Gasteiger partial charge in [-0.25, -0.2) is 9.50 Å². The maximum absolute atomic E-state index is 14.0. The van der Waals surface area contributed by atoms with Crippen molar-refractivity contribution in [3.63, 3.8) is 0 Å². The molecule has 10 heteroatoms. The van der Waals surface area contributed by atoms with Crippen LogP contribution in [0.4, 0.5) is 11.5 Å². The molecule has 2 aromatic heterocycles. The topological polar surface area (TPSA) is 118 Å². The molecule has 2 aliphatic heterocycles. The van der Waals surface area contributed by atoms with Crippen molar-refractivity contribution < 1.29 is 9.59 Å². The Morgan fingerprint density at radius 3 is 2.50 bits per heavy atom. The lowest BCUT2D eigenvalue weighted by Gasteiger charge is -2.35. The van der Waals surface area contributed by atoms with Gasteiger partial charge in [0, 0.05) is 48.0 Å². The van der Waals surface area contributed by atoms with Crippen molar-refractivity contribution >= 4 is 40.6 Å². The van der Waals surface area contributed by atoms with Crippen LogP contribution in [-0.2, 0) is 0 Å². The Kier molecular flexibility index (Phi) is 8.04. The predicted molar refractivity (Wildman–Crippen MR) is 158 cm³/mol. The normalized spacial score (nSPS) is 17.1. The van der Waals surface area contributed by atoms with E-state index in [-0.39, 0.29) is 24.0 Å². The van der Waals surface area contributed by atoms with Gasteiger partial charge in [0.05, 0.1) is 23.0 Å². The summed E-state index contributed by atoms with van der Waals surface area (Å²) in [5.74, 6) is 0.558. The molecular weight excluding hydrogens is 526 g/mol. The maximum atomic E-state index is 14.0. The van der Waals surface area contributed by atoms with Crippen LogP contribution in [0.2, 0.25) is 5.02 Å². The van der Waals surface area contributed by atoms with E-state index in [1.165, 1.54) is 12.8 Å². The van der Waals surface area contributed by atoms with Crippen molar-refractivity contribution in [3.05, 3.63) is 88.2 Å². The molecule has 4 aromatic rings. The van der Waals surface area contributed by atoms with E-state index in [0.717, 1.165) is 55.1 Å². The Bertz CT molecular complexity index is 1530. The molecule has 0 bridgehead atoms. The van der Waals surface area contributed by atoms with Gasteiger partial charge in [-0.2, -0.15) is 5.10 Å². The van der Waals surface area contributed by atoms with Gasteiger partial charge in [-0.05, 0) is 69.4 Å². The number of fused-ring (bicyclic) bond motifs is 1. The van der Waals surface area contributed by atoms with Gasteiger partial charge in [0.2, 0.25) is 0 Å². The molecule has 6 rings (SSSR count). The summed E-state index contributed by atoms with van der Waals surface area (Å²) >= 11 is 6.33. The number of rotatable bonds is 5. The Labute approximate surface area is 238 Å². The van der Waals surface area contributed by atoms with E-state index < -0.39 is 0 Å². The number of piperidine rings is 1. The minimum absolute atomic E-state index is 0. The quantitative estimate of drug-likeness (QED) is 0.306. The number of aryl methyl sites for hydroxylation is 1. The minimum Gasteiger partial charge on any atom is -0.356 e. The van der Waals surface area contributed by atoms with Crippen LogP contribution in [0.25, 0.3) is 5.65 Å². The number of amides is 2. The second kappa shape index (κ2) is 11.7. The van der Waals surface area contributed by atoms with E-state index in [1.807, 2.05) is 27.7 Å². The van der Waals surface area contributed by atoms with Crippen LogP contribution in [0.3, 0.4) is 0 Å². The lowest BCUT2D eigenvalue weighted by molar-refractivity contribution is 0.0607. The van der Waals surface area contributed by atoms with Crippen molar-refractivity contribution in [2.24, 2.45) is 0 Å². The van der Waals surface area contributed by atoms with Gasteiger partial charge >= 0.3 is 0 Å². The minimum atomic E-state index is -0.280. The molecule has 2 fully saturated rings. The summed E-state index contributed by atoms with van der Waals surface area (Å²) in [6.45, 7) is 4.72. The first-order valence-electron chi connectivity index (χ1n) is 13.6. The highest BCUT2D eigenvalue weighted by molar-refractivity contribution is 6.31. The van der Waals surface area contributed by atoms with Gasteiger partial charge in [0.15, 0.2) is 5.65 Å². The van der Waals surface area contributed by atoms with E-state index >= 15 is 0 Å². The molecule has 0 radical (unpaired) electrons. The SMILES string of the molecule is Cc1cn2nc(C3CCCCN3C(=O)c3cc(Cl)ccc3NC(=O)c3ccccc3)cc2nc1N1CCCC1.N. The van der Waals surface area contributed by atoms with E-state index in [2.05, 4.69) is 17.1 Å². The third-order valence-corrected chi connectivity index (χ3v) is 7.87. The summed E-state index contributed by atoms with van der Waals surface area (Å²) in [6.07, 6.45) is 7.11. The molecular formula is C30H34ClN7O2.